The molecule has 0 unspecified atom stereocenters. The van der Waals surface area contributed by atoms with E-state index < -0.39 is 5.41 Å². The number of Topliss-reactive ketones (excluding diaryl/α,β-unsaturated/α-hetero) is 1. The second kappa shape index (κ2) is 7.56. The molecule has 120 valence electrons. The van der Waals surface area contributed by atoms with Crippen LogP contribution in [0.15, 0.2) is 0 Å². The van der Waals surface area contributed by atoms with E-state index in [1.807, 2.05) is 27.7 Å². The molecule has 0 heterocycles. The third kappa shape index (κ3) is 6.85. The van der Waals surface area contributed by atoms with Crippen LogP contribution in [-0.4, -0.2) is 42.5 Å². The Kier molecular flexibility index (Phi) is 7.40. The second-order valence-corrected chi connectivity index (χ2v) is 7.78. The van der Waals surface area contributed by atoms with E-state index in [1.165, 1.54) is 0 Å². The molecule has 3 heteroatoms. The molecule has 0 aliphatic heterocycles. The molecule has 0 fully saturated rings. The predicted octanol–water partition coefficient (Wildman–Crippen LogP) is 3.76. The van der Waals surface area contributed by atoms with Crippen molar-refractivity contribution in [3.8, 4) is 0 Å². The van der Waals surface area contributed by atoms with E-state index in [-0.39, 0.29) is 17.3 Å². The Bertz CT molecular complexity index is 306. The summed E-state index contributed by atoms with van der Waals surface area (Å²) in [7, 11) is 2.13. The molecule has 0 saturated heterocycles. The topological polar surface area (TPSA) is 29.5 Å². The van der Waals surface area contributed by atoms with Crippen molar-refractivity contribution in [1.29, 1.82) is 0 Å². The first-order valence-corrected chi connectivity index (χ1v) is 7.77. The maximum atomic E-state index is 12.1. The molecule has 0 radical (unpaired) electrons. The van der Waals surface area contributed by atoms with Gasteiger partial charge in [-0.2, -0.15) is 0 Å². The number of rotatable bonds is 9. The largest absolute Gasteiger partial charge is 0.375 e. The summed E-state index contributed by atoms with van der Waals surface area (Å²) in [5.41, 5.74) is -0.604. The highest BCUT2D eigenvalue weighted by Gasteiger charge is 2.32. The summed E-state index contributed by atoms with van der Waals surface area (Å²) in [5.74, 6) is 0.330. The zero-order valence-electron chi connectivity index (χ0n) is 15.0. The van der Waals surface area contributed by atoms with Gasteiger partial charge < -0.3 is 9.64 Å². The van der Waals surface area contributed by atoms with E-state index in [0.29, 0.717) is 12.6 Å². The normalized spacial score (nSPS) is 13.6. The van der Waals surface area contributed by atoms with Crippen LogP contribution in [0.25, 0.3) is 0 Å². The molecule has 0 bridgehead atoms. The average Bonchev–Trinajstić information content (AvgIpc) is 2.32. The van der Waals surface area contributed by atoms with Crippen LogP contribution in [0, 0.1) is 11.3 Å². The van der Waals surface area contributed by atoms with Gasteiger partial charge in [-0.15, -0.1) is 0 Å². The van der Waals surface area contributed by atoms with Gasteiger partial charge in [0.1, 0.15) is 5.78 Å². The van der Waals surface area contributed by atoms with Gasteiger partial charge in [0.05, 0.1) is 12.2 Å². The van der Waals surface area contributed by atoms with Crippen LogP contribution in [-0.2, 0) is 9.53 Å². The molecular formula is C17H35NO2. The van der Waals surface area contributed by atoms with Gasteiger partial charge in [0.2, 0.25) is 0 Å². The molecule has 0 saturated carbocycles. The Morgan fingerprint density at radius 2 is 1.60 bits per heavy atom. The lowest BCUT2D eigenvalue weighted by Crippen LogP contribution is -2.39. The fourth-order valence-electron chi connectivity index (χ4n) is 2.00. The maximum Gasteiger partial charge on any atom is 0.143 e. The van der Waals surface area contributed by atoms with Crippen molar-refractivity contribution >= 4 is 5.78 Å². The van der Waals surface area contributed by atoms with E-state index in [0.717, 1.165) is 13.0 Å². The highest BCUT2D eigenvalue weighted by Crippen LogP contribution is 2.25. The zero-order valence-corrected chi connectivity index (χ0v) is 15.0. The SMILES string of the molecule is CC(C)C(=O)C(C)(C)COC(C)(C)CCN(C)C(C)C. The lowest BCUT2D eigenvalue weighted by atomic mass is 9.83. The number of carbonyl (C=O) groups excluding carboxylic acids is 1. The first kappa shape index (κ1) is 19.6. The number of nitrogens with zero attached hydrogens (tertiary/aromatic N) is 1. The number of ether oxygens (including phenoxy) is 1. The Hall–Kier alpha value is -0.410. The maximum absolute atomic E-state index is 12.1. The van der Waals surface area contributed by atoms with Gasteiger partial charge in [0.25, 0.3) is 0 Å². The van der Waals surface area contributed by atoms with Gasteiger partial charge in [-0.05, 0) is 41.2 Å². The summed E-state index contributed by atoms with van der Waals surface area (Å²) in [6.07, 6.45) is 0.966. The molecule has 0 rings (SSSR count). The first-order valence-electron chi connectivity index (χ1n) is 7.77. The molecule has 3 nitrogen and oxygen atoms in total. The van der Waals surface area contributed by atoms with Crippen molar-refractivity contribution in [2.24, 2.45) is 11.3 Å². The van der Waals surface area contributed by atoms with E-state index >= 15 is 0 Å². The lowest BCUT2D eigenvalue weighted by molar-refractivity contribution is -0.138. The van der Waals surface area contributed by atoms with Gasteiger partial charge in [0, 0.05) is 23.9 Å². The van der Waals surface area contributed by atoms with Crippen molar-refractivity contribution < 1.29 is 9.53 Å². The van der Waals surface area contributed by atoms with Crippen molar-refractivity contribution in [3.05, 3.63) is 0 Å². The second-order valence-electron chi connectivity index (χ2n) is 7.78. The van der Waals surface area contributed by atoms with Crippen LogP contribution in [0.3, 0.4) is 0 Å². The molecule has 0 aliphatic carbocycles. The van der Waals surface area contributed by atoms with Gasteiger partial charge in [-0.1, -0.05) is 27.7 Å². The Balaban J connectivity index is 4.37. The Labute approximate surface area is 126 Å². The highest BCUT2D eigenvalue weighted by molar-refractivity contribution is 5.85. The van der Waals surface area contributed by atoms with Gasteiger partial charge in [0.15, 0.2) is 0 Å². The van der Waals surface area contributed by atoms with Crippen molar-refractivity contribution in [2.45, 2.75) is 73.5 Å². The van der Waals surface area contributed by atoms with Crippen molar-refractivity contribution in [2.75, 3.05) is 20.2 Å². The van der Waals surface area contributed by atoms with E-state index in [2.05, 4.69) is 39.6 Å². The fraction of sp³-hybridized carbons (Fsp3) is 0.941. The molecule has 0 atom stereocenters. The number of hydrogen-bond acceptors (Lipinski definition) is 3. The molecule has 0 spiro atoms. The predicted molar refractivity (Wildman–Crippen MR) is 86.0 cm³/mol. The third-order valence-electron chi connectivity index (χ3n) is 3.96. The Morgan fingerprint density at radius 1 is 1.10 bits per heavy atom. The van der Waals surface area contributed by atoms with Crippen LogP contribution in [0.4, 0.5) is 0 Å². The van der Waals surface area contributed by atoms with E-state index in [1.54, 1.807) is 0 Å². The number of ketones is 1. The third-order valence-corrected chi connectivity index (χ3v) is 3.96. The molecule has 0 amide bonds. The van der Waals surface area contributed by atoms with E-state index in [4.69, 9.17) is 4.74 Å². The molecule has 0 aliphatic rings. The highest BCUT2D eigenvalue weighted by atomic mass is 16.5. The monoisotopic (exact) mass is 285 g/mol. The summed E-state index contributed by atoms with van der Waals surface area (Å²) in [5, 5.41) is 0. The van der Waals surface area contributed by atoms with Crippen molar-refractivity contribution in [3.63, 3.8) is 0 Å². The minimum absolute atomic E-state index is 0.0591. The molecule has 0 aromatic rings. The van der Waals surface area contributed by atoms with Gasteiger partial charge in [-0.3, -0.25) is 4.79 Å². The molecule has 0 aromatic carbocycles. The molecule has 20 heavy (non-hydrogen) atoms. The fourth-order valence-corrected chi connectivity index (χ4v) is 2.00. The Morgan fingerprint density at radius 3 is 2.00 bits per heavy atom. The minimum Gasteiger partial charge on any atom is -0.375 e. The van der Waals surface area contributed by atoms with Gasteiger partial charge in [-0.25, -0.2) is 0 Å². The quantitative estimate of drug-likeness (QED) is 0.646. The minimum atomic E-state index is -0.407. The zero-order chi connectivity index (χ0) is 16.1. The first-order chi connectivity index (χ1) is 8.89. The summed E-state index contributed by atoms with van der Waals surface area (Å²) in [4.78, 5) is 14.5. The van der Waals surface area contributed by atoms with Crippen LogP contribution < -0.4 is 0 Å². The van der Waals surface area contributed by atoms with Crippen LogP contribution in [0.2, 0.25) is 0 Å². The number of carbonyl (C=O) groups is 1. The summed E-state index contributed by atoms with van der Waals surface area (Å²) >= 11 is 0. The van der Waals surface area contributed by atoms with Crippen LogP contribution in [0.5, 0.6) is 0 Å². The van der Waals surface area contributed by atoms with Crippen LogP contribution >= 0.6 is 0 Å². The molecular weight excluding hydrogens is 250 g/mol. The average molecular weight is 285 g/mol. The standard InChI is InChI=1S/C17H35NO2/c1-13(2)15(19)16(5,6)12-20-17(7,8)10-11-18(9)14(3)4/h13-14H,10-12H2,1-9H3. The summed E-state index contributed by atoms with van der Waals surface area (Å²) in [6, 6.07) is 0.546. The summed E-state index contributed by atoms with van der Waals surface area (Å²) in [6.45, 7) is 18.0. The molecule has 0 aromatic heterocycles. The van der Waals surface area contributed by atoms with E-state index in [9.17, 15) is 4.79 Å². The lowest BCUT2D eigenvalue weighted by Gasteiger charge is -2.33. The molecule has 0 N–H and O–H groups in total. The number of hydrogen-bond donors (Lipinski definition) is 0. The smallest absolute Gasteiger partial charge is 0.143 e. The van der Waals surface area contributed by atoms with Crippen LogP contribution in [0.1, 0.15) is 61.8 Å². The summed E-state index contributed by atoms with van der Waals surface area (Å²) < 4.78 is 6.05. The van der Waals surface area contributed by atoms with Crippen molar-refractivity contribution in [1.82, 2.24) is 4.90 Å². The van der Waals surface area contributed by atoms with Gasteiger partial charge >= 0.3 is 0 Å².